The van der Waals surface area contributed by atoms with Crippen LogP contribution in [-0.2, 0) is 0 Å². The lowest BCUT2D eigenvalue weighted by Crippen LogP contribution is -2.12. The second-order valence-corrected chi connectivity index (χ2v) is 5.00. The van der Waals surface area contributed by atoms with Gasteiger partial charge in [0.2, 0.25) is 0 Å². The number of hydrogen-bond acceptors (Lipinski definition) is 2. The molecule has 3 rings (SSSR count). The van der Waals surface area contributed by atoms with Crippen molar-refractivity contribution in [2.75, 3.05) is 0 Å². The Bertz CT molecular complexity index is 748. The van der Waals surface area contributed by atoms with Gasteiger partial charge in [-0.05, 0) is 24.6 Å². The summed E-state index contributed by atoms with van der Waals surface area (Å²) in [6.07, 6.45) is 3.65. The number of benzene rings is 2. The van der Waals surface area contributed by atoms with Crippen molar-refractivity contribution in [3.63, 3.8) is 0 Å². The van der Waals surface area contributed by atoms with Crippen molar-refractivity contribution in [2.24, 2.45) is 5.73 Å². The van der Waals surface area contributed by atoms with Crippen LogP contribution in [0, 0.1) is 5.82 Å². The van der Waals surface area contributed by atoms with Crippen LogP contribution in [0.2, 0.25) is 0 Å². The molecule has 106 valence electrons. The Balaban J connectivity index is 2.07. The predicted octanol–water partition coefficient (Wildman–Crippen LogP) is 3.70. The lowest BCUT2D eigenvalue weighted by atomic mass is 10.1. The van der Waals surface area contributed by atoms with Gasteiger partial charge in [0.05, 0.1) is 11.9 Å². The summed E-state index contributed by atoms with van der Waals surface area (Å²) in [5.41, 5.74) is 9.09. The van der Waals surface area contributed by atoms with Gasteiger partial charge >= 0.3 is 0 Å². The van der Waals surface area contributed by atoms with Crippen LogP contribution in [0.3, 0.4) is 0 Å². The molecule has 4 heteroatoms. The zero-order valence-electron chi connectivity index (χ0n) is 11.7. The lowest BCUT2D eigenvalue weighted by molar-refractivity contribution is 0.589. The van der Waals surface area contributed by atoms with Gasteiger partial charge in [-0.25, -0.2) is 9.07 Å². The number of aromatic nitrogens is 2. The quantitative estimate of drug-likeness (QED) is 0.795. The van der Waals surface area contributed by atoms with Gasteiger partial charge in [-0.1, -0.05) is 36.4 Å². The summed E-state index contributed by atoms with van der Waals surface area (Å²) in [6, 6.07) is 14.5. The van der Waals surface area contributed by atoms with Crippen molar-refractivity contribution in [3.8, 4) is 16.8 Å². The molecule has 0 radical (unpaired) electrons. The van der Waals surface area contributed by atoms with Gasteiger partial charge in [0.15, 0.2) is 0 Å². The van der Waals surface area contributed by atoms with Gasteiger partial charge in [-0.3, -0.25) is 0 Å². The molecule has 0 amide bonds. The summed E-state index contributed by atoms with van der Waals surface area (Å²) < 4.78 is 15.7. The van der Waals surface area contributed by atoms with Gasteiger partial charge in [-0.15, -0.1) is 0 Å². The first-order valence-corrected chi connectivity index (χ1v) is 6.81. The average Bonchev–Trinajstić information content (AvgIpc) is 2.97. The Morgan fingerprint density at radius 3 is 2.52 bits per heavy atom. The van der Waals surface area contributed by atoms with E-state index in [1.807, 2.05) is 42.6 Å². The van der Waals surface area contributed by atoms with Crippen LogP contribution in [0.1, 0.15) is 18.5 Å². The van der Waals surface area contributed by atoms with Gasteiger partial charge in [-0.2, -0.15) is 5.10 Å². The fourth-order valence-electron chi connectivity index (χ4n) is 2.41. The average molecular weight is 281 g/mol. The van der Waals surface area contributed by atoms with E-state index in [0.717, 1.165) is 11.1 Å². The zero-order chi connectivity index (χ0) is 14.8. The molecule has 3 nitrogen and oxygen atoms in total. The third kappa shape index (κ3) is 2.58. The summed E-state index contributed by atoms with van der Waals surface area (Å²) in [6.45, 7) is 1.77. The van der Waals surface area contributed by atoms with Gasteiger partial charge < -0.3 is 5.73 Å². The molecular weight excluding hydrogens is 265 g/mol. The van der Waals surface area contributed by atoms with E-state index in [1.165, 1.54) is 6.07 Å². The summed E-state index contributed by atoms with van der Waals surface area (Å²) in [5.74, 6) is -0.306. The molecule has 0 saturated carbocycles. The molecular formula is C17H16FN3. The molecule has 0 fully saturated rings. The molecule has 3 aromatic rings. The largest absolute Gasteiger partial charge is 0.324 e. The molecule has 1 aromatic heterocycles. The van der Waals surface area contributed by atoms with Crippen LogP contribution in [0.15, 0.2) is 60.9 Å². The highest BCUT2D eigenvalue weighted by atomic mass is 19.1. The molecule has 0 saturated heterocycles. The first-order chi connectivity index (χ1) is 10.2. The molecule has 0 aliphatic rings. The molecule has 0 bridgehead atoms. The van der Waals surface area contributed by atoms with E-state index < -0.39 is 6.04 Å². The smallest absolute Gasteiger partial charge is 0.130 e. The number of rotatable bonds is 3. The summed E-state index contributed by atoms with van der Waals surface area (Å²) >= 11 is 0. The molecule has 0 spiro atoms. The molecule has 2 N–H and O–H groups in total. The van der Waals surface area contributed by atoms with E-state index in [0.29, 0.717) is 11.3 Å². The van der Waals surface area contributed by atoms with Crippen molar-refractivity contribution in [1.82, 2.24) is 9.78 Å². The monoisotopic (exact) mass is 281 g/mol. The fourth-order valence-corrected chi connectivity index (χ4v) is 2.41. The Hall–Kier alpha value is -2.46. The third-order valence-electron chi connectivity index (χ3n) is 3.42. The van der Waals surface area contributed by atoms with Crippen LogP contribution in [0.4, 0.5) is 4.39 Å². The summed E-state index contributed by atoms with van der Waals surface area (Å²) in [4.78, 5) is 0. The van der Waals surface area contributed by atoms with Crippen LogP contribution in [-0.4, -0.2) is 9.78 Å². The van der Waals surface area contributed by atoms with E-state index in [4.69, 9.17) is 5.73 Å². The highest BCUT2D eigenvalue weighted by Crippen LogP contribution is 2.25. The maximum atomic E-state index is 14.0. The minimum absolute atomic E-state index is 0.306. The number of nitrogens with two attached hydrogens (primary N) is 1. The highest BCUT2D eigenvalue weighted by molar-refractivity contribution is 5.62. The normalized spacial score (nSPS) is 12.3. The summed E-state index contributed by atoms with van der Waals surface area (Å²) in [7, 11) is 0. The molecule has 1 atom stereocenters. The van der Waals surface area contributed by atoms with E-state index in [9.17, 15) is 4.39 Å². The zero-order valence-corrected chi connectivity index (χ0v) is 11.7. The van der Waals surface area contributed by atoms with E-state index in [1.54, 1.807) is 23.9 Å². The van der Waals surface area contributed by atoms with Gasteiger partial charge in [0.25, 0.3) is 0 Å². The van der Waals surface area contributed by atoms with Crippen molar-refractivity contribution in [1.29, 1.82) is 0 Å². The Labute approximate surface area is 122 Å². The third-order valence-corrected chi connectivity index (χ3v) is 3.42. The van der Waals surface area contributed by atoms with Crippen LogP contribution >= 0.6 is 0 Å². The lowest BCUT2D eigenvalue weighted by Gasteiger charge is -2.13. The molecule has 21 heavy (non-hydrogen) atoms. The van der Waals surface area contributed by atoms with E-state index in [2.05, 4.69) is 5.10 Å². The van der Waals surface area contributed by atoms with Gasteiger partial charge in [0, 0.05) is 23.4 Å². The molecule has 1 heterocycles. The highest BCUT2D eigenvalue weighted by Gasteiger charge is 2.14. The van der Waals surface area contributed by atoms with Crippen molar-refractivity contribution < 1.29 is 4.39 Å². The molecule has 2 aromatic carbocycles. The Kier molecular flexibility index (Phi) is 3.54. The predicted molar refractivity (Wildman–Crippen MR) is 81.6 cm³/mol. The van der Waals surface area contributed by atoms with Crippen molar-refractivity contribution in [3.05, 3.63) is 72.3 Å². The maximum Gasteiger partial charge on any atom is 0.130 e. The van der Waals surface area contributed by atoms with E-state index in [-0.39, 0.29) is 5.82 Å². The molecule has 1 unspecified atom stereocenters. The second kappa shape index (κ2) is 5.50. The number of nitrogens with zero attached hydrogens (tertiary/aromatic N) is 2. The minimum atomic E-state index is -0.398. The minimum Gasteiger partial charge on any atom is -0.324 e. The van der Waals surface area contributed by atoms with Crippen molar-refractivity contribution in [2.45, 2.75) is 13.0 Å². The first kappa shape index (κ1) is 13.5. The second-order valence-electron chi connectivity index (χ2n) is 5.00. The Morgan fingerprint density at radius 2 is 1.81 bits per heavy atom. The standard InChI is InChI=1S/C17H16FN3/c1-12(19)17-15(18)8-5-9-16(17)21-11-14(10-20-21)13-6-3-2-4-7-13/h2-12H,19H2,1H3. The van der Waals surface area contributed by atoms with Crippen LogP contribution < -0.4 is 5.73 Å². The maximum absolute atomic E-state index is 14.0. The summed E-state index contributed by atoms with van der Waals surface area (Å²) in [5, 5.41) is 4.34. The Morgan fingerprint density at radius 1 is 1.05 bits per heavy atom. The topological polar surface area (TPSA) is 43.8 Å². The molecule has 0 aliphatic carbocycles. The van der Waals surface area contributed by atoms with Gasteiger partial charge in [0.1, 0.15) is 5.82 Å². The first-order valence-electron chi connectivity index (χ1n) is 6.81. The molecule has 0 aliphatic heterocycles. The van der Waals surface area contributed by atoms with Crippen LogP contribution in [0.5, 0.6) is 0 Å². The van der Waals surface area contributed by atoms with Crippen LogP contribution in [0.25, 0.3) is 16.8 Å². The fraction of sp³-hybridized carbons (Fsp3) is 0.118. The SMILES string of the molecule is CC(N)c1c(F)cccc1-n1cc(-c2ccccc2)cn1. The number of hydrogen-bond donors (Lipinski definition) is 1. The number of halogens is 1. The van der Waals surface area contributed by atoms with E-state index >= 15 is 0 Å². The van der Waals surface area contributed by atoms with Crippen molar-refractivity contribution >= 4 is 0 Å².